The van der Waals surface area contributed by atoms with Crippen LogP contribution in [0.4, 0.5) is 0 Å². The quantitative estimate of drug-likeness (QED) is 0.548. The van der Waals surface area contributed by atoms with E-state index in [1.54, 1.807) is 7.11 Å². The van der Waals surface area contributed by atoms with Gasteiger partial charge in [-0.05, 0) is 29.8 Å². The summed E-state index contributed by atoms with van der Waals surface area (Å²) in [6, 6.07) is 27.1. The second kappa shape index (κ2) is 7.92. The number of carbonyl (C=O) groups excluding carboxylic acids is 1. The molecule has 0 saturated heterocycles. The Morgan fingerprint density at radius 3 is 2.39 bits per heavy atom. The molecule has 0 aliphatic rings. The zero-order valence-corrected chi connectivity index (χ0v) is 15.6. The van der Waals surface area contributed by atoms with Gasteiger partial charge >= 0.3 is 0 Å². The second-order valence-corrected chi connectivity index (χ2v) is 6.47. The highest BCUT2D eigenvalue weighted by atomic mass is 16.5. The minimum absolute atomic E-state index is 0.119. The smallest absolute Gasteiger partial charge is 0.252 e. The highest BCUT2D eigenvalue weighted by molar-refractivity contribution is 6.07. The molecule has 0 aliphatic carbocycles. The van der Waals surface area contributed by atoms with Crippen molar-refractivity contribution in [2.45, 2.75) is 6.54 Å². The van der Waals surface area contributed by atoms with Crippen LogP contribution in [0.25, 0.3) is 22.2 Å². The Labute approximate surface area is 163 Å². The largest absolute Gasteiger partial charge is 0.497 e. The highest BCUT2D eigenvalue weighted by Gasteiger charge is 2.13. The lowest BCUT2D eigenvalue weighted by Gasteiger charge is -2.11. The number of nitrogens with zero attached hydrogens (tertiary/aromatic N) is 1. The predicted molar refractivity (Wildman–Crippen MR) is 111 cm³/mol. The van der Waals surface area contributed by atoms with Crippen LogP contribution in [0.15, 0.2) is 84.9 Å². The van der Waals surface area contributed by atoms with E-state index in [4.69, 9.17) is 9.72 Å². The molecule has 1 N–H and O–H groups in total. The third-order valence-electron chi connectivity index (χ3n) is 4.64. The van der Waals surface area contributed by atoms with Crippen LogP contribution < -0.4 is 10.1 Å². The molecule has 0 radical (unpaired) electrons. The monoisotopic (exact) mass is 368 g/mol. The molecular formula is C24H20N2O2. The van der Waals surface area contributed by atoms with Crippen LogP contribution in [0.2, 0.25) is 0 Å². The van der Waals surface area contributed by atoms with Gasteiger partial charge in [-0.2, -0.15) is 0 Å². The van der Waals surface area contributed by atoms with Gasteiger partial charge in [0.15, 0.2) is 0 Å². The van der Waals surface area contributed by atoms with E-state index >= 15 is 0 Å². The molecule has 1 heterocycles. The van der Waals surface area contributed by atoms with E-state index in [1.165, 1.54) is 0 Å². The van der Waals surface area contributed by atoms with E-state index in [2.05, 4.69) is 5.32 Å². The summed E-state index contributed by atoms with van der Waals surface area (Å²) >= 11 is 0. The maximum Gasteiger partial charge on any atom is 0.252 e. The molecule has 4 aromatic rings. The zero-order valence-electron chi connectivity index (χ0n) is 15.6. The van der Waals surface area contributed by atoms with Crippen molar-refractivity contribution < 1.29 is 9.53 Å². The molecule has 28 heavy (non-hydrogen) atoms. The van der Waals surface area contributed by atoms with Gasteiger partial charge in [-0.15, -0.1) is 0 Å². The fraction of sp³-hybridized carbons (Fsp3) is 0.0833. The van der Waals surface area contributed by atoms with Gasteiger partial charge in [0.1, 0.15) is 5.75 Å². The Balaban J connectivity index is 1.65. The number of rotatable bonds is 5. The number of fused-ring (bicyclic) bond motifs is 1. The fourth-order valence-electron chi connectivity index (χ4n) is 3.14. The van der Waals surface area contributed by atoms with Crippen LogP contribution in [0.3, 0.4) is 0 Å². The Morgan fingerprint density at radius 1 is 0.929 bits per heavy atom. The molecule has 0 saturated carbocycles. The number of aromatic nitrogens is 1. The summed E-state index contributed by atoms with van der Waals surface area (Å²) in [5.41, 5.74) is 4.21. The van der Waals surface area contributed by atoms with Gasteiger partial charge in [0, 0.05) is 17.5 Å². The number of benzene rings is 3. The molecule has 4 nitrogen and oxygen atoms in total. The molecule has 138 valence electrons. The number of hydrogen-bond acceptors (Lipinski definition) is 3. The van der Waals surface area contributed by atoms with Crippen LogP contribution in [-0.4, -0.2) is 18.0 Å². The predicted octanol–water partition coefficient (Wildman–Crippen LogP) is 4.84. The van der Waals surface area contributed by atoms with Gasteiger partial charge in [0.2, 0.25) is 0 Å². The Morgan fingerprint density at radius 2 is 1.64 bits per heavy atom. The van der Waals surface area contributed by atoms with Crippen LogP contribution in [0.5, 0.6) is 5.75 Å². The average Bonchev–Trinajstić information content (AvgIpc) is 2.77. The van der Waals surface area contributed by atoms with Crippen molar-refractivity contribution in [3.8, 4) is 17.0 Å². The average molecular weight is 368 g/mol. The van der Waals surface area contributed by atoms with Gasteiger partial charge in [-0.3, -0.25) is 4.79 Å². The van der Waals surface area contributed by atoms with Crippen molar-refractivity contribution in [1.29, 1.82) is 0 Å². The summed E-state index contributed by atoms with van der Waals surface area (Å²) < 4.78 is 5.17. The number of ether oxygens (including phenoxy) is 1. The number of pyridine rings is 1. The standard InChI is InChI=1S/C24H20N2O2/c1-28-19-13-11-17(12-14-19)16-25-24(27)21-15-23(18-7-3-2-4-8-18)26-22-10-6-5-9-20(21)22/h2-15H,16H2,1H3,(H,25,27). The minimum Gasteiger partial charge on any atom is -0.497 e. The first kappa shape index (κ1) is 17.7. The van der Waals surface area contributed by atoms with Crippen molar-refractivity contribution >= 4 is 16.8 Å². The molecule has 0 aliphatic heterocycles. The number of para-hydroxylation sites is 1. The lowest BCUT2D eigenvalue weighted by molar-refractivity contribution is 0.0952. The van der Waals surface area contributed by atoms with Crippen LogP contribution in [0, 0.1) is 0 Å². The first-order chi connectivity index (χ1) is 13.7. The number of methoxy groups -OCH3 is 1. The summed E-state index contributed by atoms with van der Waals surface area (Å²) in [6.07, 6.45) is 0. The van der Waals surface area contributed by atoms with E-state index in [0.29, 0.717) is 12.1 Å². The molecule has 0 bridgehead atoms. The molecule has 0 fully saturated rings. The number of amides is 1. The van der Waals surface area contributed by atoms with E-state index in [0.717, 1.165) is 33.5 Å². The normalized spacial score (nSPS) is 10.6. The van der Waals surface area contributed by atoms with Crippen LogP contribution >= 0.6 is 0 Å². The number of carbonyl (C=O) groups is 1. The third-order valence-corrected chi connectivity index (χ3v) is 4.64. The lowest BCUT2D eigenvalue weighted by Crippen LogP contribution is -2.23. The van der Waals surface area contributed by atoms with Crippen LogP contribution in [-0.2, 0) is 6.54 Å². The molecule has 4 rings (SSSR count). The first-order valence-electron chi connectivity index (χ1n) is 9.11. The highest BCUT2D eigenvalue weighted by Crippen LogP contribution is 2.25. The van der Waals surface area contributed by atoms with E-state index < -0.39 is 0 Å². The summed E-state index contributed by atoms with van der Waals surface area (Å²) in [6.45, 7) is 0.445. The summed E-state index contributed by atoms with van der Waals surface area (Å²) in [5.74, 6) is 0.675. The molecule has 3 aromatic carbocycles. The Hall–Kier alpha value is -3.66. The summed E-state index contributed by atoms with van der Waals surface area (Å²) in [5, 5.41) is 3.86. The maximum absolute atomic E-state index is 13.0. The first-order valence-corrected chi connectivity index (χ1v) is 9.11. The van der Waals surface area contributed by atoms with Crippen molar-refractivity contribution in [3.63, 3.8) is 0 Å². The Bertz CT molecular complexity index is 1110. The molecule has 1 aromatic heterocycles. The van der Waals surface area contributed by atoms with E-state index in [-0.39, 0.29) is 5.91 Å². The van der Waals surface area contributed by atoms with Crippen LogP contribution in [0.1, 0.15) is 15.9 Å². The lowest BCUT2D eigenvalue weighted by atomic mass is 10.0. The minimum atomic E-state index is -0.119. The van der Waals surface area contributed by atoms with Crippen molar-refractivity contribution in [2.24, 2.45) is 0 Å². The van der Waals surface area contributed by atoms with E-state index in [1.807, 2.05) is 84.9 Å². The van der Waals surface area contributed by atoms with Gasteiger partial charge in [-0.1, -0.05) is 60.7 Å². The molecule has 0 unspecified atom stereocenters. The SMILES string of the molecule is COc1ccc(CNC(=O)c2cc(-c3ccccc3)nc3ccccc23)cc1. The molecular weight excluding hydrogens is 348 g/mol. The summed E-state index contributed by atoms with van der Waals surface area (Å²) in [4.78, 5) is 17.7. The van der Waals surface area contributed by atoms with Gasteiger partial charge in [0.05, 0.1) is 23.9 Å². The van der Waals surface area contributed by atoms with Crippen molar-refractivity contribution in [1.82, 2.24) is 10.3 Å². The Kier molecular flexibility index (Phi) is 5.02. The molecule has 0 atom stereocenters. The fourth-order valence-corrected chi connectivity index (χ4v) is 3.14. The van der Waals surface area contributed by atoms with Crippen molar-refractivity contribution in [3.05, 3.63) is 96.1 Å². The number of hydrogen-bond donors (Lipinski definition) is 1. The molecule has 1 amide bonds. The summed E-state index contributed by atoms with van der Waals surface area (Å²) in [7, 11) is 1.63. The van der Waals surface area contributed by atoms with Crippen molar-refractivity contribution in [2.75, 3.05) is 7.11 Å². The van der Waals surface area contributed by atoms with Gasteiger partial charge in [-0.25, -0.2) is 4.98 Å². The molecule has 4 heteroatoms. The maximum atomic E-state index is 13.0. The molecule has 0 spiro atoms. The third kappa shape index (κ3) is 3.71. The van der Waals surface area contributed by atoms with Gasteiger partial charge < -0.3 is 10.1 Å². The topological polar surface area (TPSA) is 51.2 Å². The van der Waals surface area contributed by atoms with Gasteiger partial charge in [0.25, 0.3) is 5.91 Å². The zero-order chi connectivity index (χ0) is 19.3. The second-order valence-electron chi connectivity index (χ2n) is 6.47. The van der Waals surface area contributed by atoms with E-state index in [9.17, 15) is 4.79 Å². The number of nitrogens with one attached hydrogen (secondary N) is 1.